The summed E-state index contributed by atoms with van der Waals surface area (Å²) in [5.74, 6) is 0.744. The molecule has 0 spiro atoms. The van der Waals surface area contributed by atoms with Gasteiger partial charge in [-0.2, -0.15) is 0 Å². The quantitative estimate of drug-likeness (QED) is 0.602. The van der Waals surface area contributed by atoms with Gasteiger partial charge in [0.05, 0.1) is 23.8 Å². The molecule has 5 nitrogen and oxygen atoms in total. The van der Waals surface area contributed by atoms with Gasteiger partial charge in [-0.05, 0) is 23.8 Å². The fraction of sp³-hybridized carbons (Fsp3) is 0.0526. The van der Waals surface area contributed by atoms with Crippen LogP contribution in [0.25, 0.3) is 22.2 Å². The van der Waals surface area contributed by atoms with E-state index in [1.54, 1.807) is 6.07 Å². The molecule has 0 saturated heterocycles. The van der Waals surface area contributed by atoms with Crippen LogP contribution in [0.15, 0.2) is 71.3 Å². The lowest BCUT2D eigenvalue weighted by molar-refractivity contribution is 0.0923. The molecule has 0 bridgehead atoms. The van der Waals surface area contributed by atoms with E-state index in [4.69, 9.17) is 4.42 Å². The second-order valence-electron chi connectivity index (χ2n) is 5.41. The minimum absolute atomic E-state index is 0.265. The third kappa shape index (κ3) is 2.67. The van der Waals surface area contributed by atoms with Crippen molar-refractivity contribution in [2.24, 2.45) is 0 Å². The molecule has 2 aromatic carbocycles. The Bertz CT molecular complexity index is 953. The highest BCUT2D eigenvalue weighted by atomic mass is 16.3. The maximum absolute atomic E-state index is 12.4. The van der Waals surface area contributed by atoms with E-state index in [-0.39, 0.29) is 5.91 Å². The number of H-pyrrole nitrogens is 1. The monoisotopic (exact) mass is 317 g/mol. The summed E-state index contributed by atoms with van der Waals surface area (Å²) in [6.45, 7) is 0.308. The summed E-state index contributed by atoms with van der Waals surface area (Å²) in [7, 11) is 0. The fourth-order valence-electron chi connectivity index (χ4n) is 2.66. The zero-order chi connectivity index (χ0) is 16.4. The number of aromatic nitrogens is 2. The Labute approximate surface area is 138 Å². The van der Waals surface area contributed by atoms with Crippen LogP contribution in [-0.2, 0) is 6.54 Å². The van der Waals surface area contributed by atoms with Crippen LogP contribution in [0.5, 0.6) is 0 Å². The van der Waals surface area contributed by atoms with E-state index in [0.717, 1.165) is 22.2 Å². The number of nitrogens with one attached hydrogen (secondary N) is 2. The van der Waals surface area contributed by atoms with E-state index < -0.39 is 0 Å². The molecule has 24 heavy (non-hydrogen) atoms. The summed E-state index contributed by atoms with van der Waals surface area (Å²) < 4.78 is 5.39. The van der Waals surface area contributed by atoms with Crippen molar-refractivity contribution >= 4 is 16.9 Å². The fourth-order valence-corrected chi connectivity index (χ4v) is 2.66. The molecular formula is C19H15N3O2. The molecule has 4 aromatic rings. The van der Waals surface area contributed by atoms with Crippen molar-refractivity contribution in [3.63, 3.8) is 0 Å². The van der Waals surface area contributed by atoms with Gasteiger partial charge in [0.25, 0.3) is 5.91 Å². The Hall–Kier alpha value is -3.34. The highest BCUT2D eigenvalue weighted by Crippen LogP contribution is 2.24. The second-order valence-corrected chi connectivity index (χ2v) is 5.41. The van der Waals surface area contributed by atoms with E-state index in [9.17, 15) is 4.79 Å². The van der Waals surface area contributed by atoms with Gasteiger partial charge in [-0.15, -0.1) is 0 Å². The minimum Gasteiger partial charge on any atom is -0.459 e. The molecule has 2 N–H and O–H groups in total. The predicted octanol–water partition coefficient (Wildman–Crippen LogP) is 3.75. The maximum atomic E-state index is 12.4. The number of fused-ring (bicyclic) bond motifs is 1. The highest BCUT2D eigenvalue weighted by Gasteiger charge is 2.16. The molecule has 0 saturated carbocycles. The Balaban J connectivity index is 1.52. The number of rotatable bonds is 4. The molecule has 0 aliphatic carbocycles. The van der Waals surface area contributed by atoms with Crippen LogP contribution < -0.4 is 5.32 Å². The number of carbonyl (C=O) groups is 1. The summed E-state index contributed by atoms with van der Waals surface area (Å²) >= 11 is 0. The van der Waals surface area contributed by atoms with Crippen LogP contribution in [0, 0.1) is 0 Å². The zero-order valence-electron chi connectivity index (χ0n) is 12.8. The van der Waals surface area contributed by atoms with Gasteiger partial charge in [0, 0.05) is 5.56 Å². The molecule has 4 rings (SSSR count). The SMILES string of the molecule is O=C(NCc1nc2ccccc2[nH]1)c1occc1-c1ccccc1. The average molecular weight is 317 g/mol. The summed E-state index contributed by atoms with van der Waals surface area (Å²) in [5, 5.41) is 2.85. The molecule has 0 aliphatic heterocycles. The van der Waals surface area contributed by atoms with Gasteiger partial charge in [0.15, 0.2) is 5.76 Å². The van der Waals surface area contributed by atoms with Crippen molar-refractivity contribution in [3.8, 4) is 11.1 Å². The number of carbonyl (C=O) groups excluding carboxylic acids is 1. The Kier molecular flexibility index (Phi) is 3.59. The standard InChI is InChI=1S/C19H15N3O2/c23-19(18-14(10-11-24-18)13-6-2-1-3-7-13)20-12-17-21-15-8-4-5-9-16(15)22-17/h1-11H,12H2,(H,20,23)(H,21,22). The molecule has 0 unspecified atom stereocenters. The zero-order valence-corrected chi connectivity index (χ0v) is 12.8. The normalized spacial score (nSPS) is 10.8. The summed E-state index contributed by atoms with van der Waals surface area (Å²) in [4.78, 5) is 20.1. The Morgan fingerprint density at radius 2 is 1.83 bits per heavy atom. The molecule has 5 heteroatoms. The van der Waals surface area contributed by atoms with E-state index >= 15 is 0 Å². The number of aromatic amines is 1. The molecule has 2 heterocycles. The van der Waals surface area contributed by atoms with Gasteiger partial charge in [0.2, 0.25) is 0 Å². The van der Waals surface area contributed by atoms with Gasteiger partial charge in [0.1, 0.15) is 5.82 Å². The third-order valence-corrected chi connectivity index (χ3v) is 3.81. The number of imidazole rings is 1. The summed E-state index contributed by atoms with van der Waals surface area (Å²) in [5.41, 5.74) is 3.55. The van der Waals surface area contributed by atoms with Crippen molar-refractivity contribution < 1.29 is 9.21 Å². The minimum atomic E-state index is -0.265. The van der Waals surface area contributed by atoms with Gasteiger partial charge >= 0.3 is 0 Å². The van der Waals surface area contributed by atoms with Gasteiger partial charge in [-0.3, -0.25) is 4.79 Å². The third-order valence-electron chi connectivity index (χ3n) is 3.81. The Morgan fingerprint density at radius 3 is 2.67 bits per heavy atom. The van der Waals surface area contributed by atoms with Crippen molar-refractivity contribution in [2.75, 3.05) is 0 Å². The lowest BCUT2D eigenvalue weighted by Crippen LogP contribution is -2.23. The van der Waals surface area contributed by atoms with Crippen LogP contribution in [0.4, 0.5) is 0 Å². The van der Waals surface area contributed by atoms with Crippen LogP contribution in [0.1, 0.15) is 16.4 Å². The highest BCUT2D eigenvalue weighted by molar-refractivity contribution is 5.98. The van der Waals surface area contributed by atoms with Crippen LogP contribution in [-0.4, -0.2) is 15.9 Å². The van der Waals surface area contributed by atoms with Crippen molar-refractivity contribution in [1.29, 1.82) is 0 Å². The van der Waals surface area contributed by atoms with Crippen LogP contribution in [0.3, 0.4) is 0 Å². The topological polar surface area (TPSA) is 70.9 Å². The average Bonchev–Trinajstić information content (AvgIpc) is 3.27. The Morgan fingerprint density at radius 1 is 1.04 bits per heavy atom. The van der Waals surface area contributed by atoms with E-state index in [0.29, 0.717) is 18.1 Å². The first kappa shape index (κ1) is 14.3. The molecule has 118 valence electrons. The van der Waals surface area contributed by atoms with Crippen molar-refractivity contribution in [3.05, 3.63) is 78.5 Å². The molecule has 0 atom stereocenters. The smallest absolute Gasteiger partial charge is 0.288 e. The number of hydrogen-bond acceptors (Lipinski definition) is 3. The molecular weight excluding hydrogens is 302 g/mol. The molecule has 2 aromatic heterocycles. The van der Waals surface area contributed by atoms with Crippen molar-refractivity contribution in [1.82, 2.24) is 15.3 Å². The second kappa shape index (κ2) is 6.04. The van der Waals surface area contributed by atoms with E-state index in [2.05, 4.69) is 15.3 Å². The number of hydrogen-bond donors (Lipinski definition) is 2. The molecule has 0 radical (unpaired) electrons. The number of nitrogens with zero attached hydrogens (tertiary/aromatic N) is 1. The lowest BCUT2D eigenvalue weighted by atomic mass is 10.1. The van der Waals surface area contributed by atoms with E-state index in [1.807, 2.05) is 54.6 Å². The van der Waals surface area contributed by atoms with E-state index in [1.165, 1.54) is 6.26 Å². The van der Waals surface area contributed by atoms with Gasteiger partial charge in [-0.25, -0.2) is 4.98 Å². The number of benzene rings is 2. The van der Waals surface area contributed by atoms with Crippen LogP contribution >= 0.6 is 0 Å². The first-order valence-corrected chi connectivity index (χ1v) is 7.66. The maximum Gasteiger partial charge on any atom is 0.288 e. The van der Waals surface area contributed by atoms with Gasteiger partial charge in [-0.1, -0.05) is 42.5 Å². The predicted molar refractivity (Wildman–Crippen MR) is 91.4 cm³/mol. The largest absolute Gasteiger partial charge is 0.459 e. The van der Waals surface area contributed by atoms with Crippen molar-refractivity contribution in [2.45, 2.75) is 6.54 Å². The summed E-state index contributed by atoms with van der Waals surface area (Å²) in [6, 6.07) is 19.2. The number of para-hydroxylation sites is 2. The summed E-state index contributed by atoms with van der Waals surface area (Å²) in [6.07, 6.45) is 1.53. The lowest BCUT2D eigenvalue weighted by Gasteiger charge is -2.04. The molecule has 0 aliphatic rings. The number of furan rings is 1. The number of amides is 1. The van der Waals surface area contributed by atoms with Crippen LogP contribution in [0.2, 0.25) is 0 Å². The van der Waals surface area contributed by atoms with Gasteiger partial charge < -0.3 is 14.7 Å². The molecule has 0 fully saturated rings. The first-order valence-electron chi connectivity index (χ1n) is 7.66. The molecule has 1 amide bonds. The first-order chi connectivity index (χ1) is 11.8.